The van der Waals surface area contributed by atoms with E-state index in [9.17, 15) is 31.5 Å². The highest BCUT2D eigenvalue weighted by Crippen LogP contribution is 2.42. The van der Waals surface area contributed by atoms with E-state index in [1.165, 1.54) is 29.1 Å². The molecular weight excluding hydrogens is 637 g/mol. The SMILES string of the molecule is O=C(c1ccc(Nc2nccn3c(-c4cn(CC(F)F)nc4C(F)(F)F)cnc23)cc1Cl)N1CC2(C1)CN(C(=O)[C@@H]1CCCN1)C2. The highest BCUT2D eigenvalue weighted by Gasteiger charge is 2.55. The second-order valence-electron chi connectivity index (χ2n) is 11.9. The molecule has 2 amide bonds. The number of rotatable bonds is 7. The predicted molar refractivity (Wildman–Crippen MR) is 156 cm³/mol. The zero-order chi connectivity index (χ0) is 32.4. The van der Waals surface area contributed by atoms with Crippen molar-refractivity contribution in [3.63, 3.8) is 0 Å². The molecule has 4 aromatic rings. The number of alkyl halides is 5. The van der Waals surface area contributed by atoms with Crippen LogP contribution in [0.5, 0.6) is 0 Å². The number of hydrogen-bond donors (Lipinski definition) is 2. The van der Waals surface area contributed by atoms with E-state index < -0.39 is 30.4 Å². The first-order valence-electron chi connectivity index (χ1n) is 14.5. The third-order valence-corrected chi connectivity index (χ3v) is 8.90. The topological polar surface area (TPSA) is 113 Å². The molecule has 3 aromatic heterocycles. The minimum absolute atomic E-state index is 0.0197. The van der Waals surface area contributed by atoms with Gasteiger partial charge in [0.25, 0.3) is 12.3 Å². The van der Waals surface area contributed by atoms with Crippen LogP contribution < -0.4 is 10.6 Å². The zero-order valence-electron chi connectivity index (χ0n) is 24.1. The van der Waals surface area contributed by atoms with Crippen molar-refractivity contribution in [1.82, 2.24) is 39.3 Å². The minimum Gasteiger partial charge on any atom is -0.340 e. The van der Waals surface area contributed by atoms with Gasteiger partial charge < -0.3 is 20.4 Å². The van der Waals surface area contributed by atoms with E-state index in [0.29, 0.717) is 42.1 Å². The number of carbonyl (C=O) groups excluding carboxylic acids is 2. The smallest absolute Gasteiger partial charge is 0.340 e. The van der Waals surface area contributed by atoms with Gasteiger partial charge in [0.2, 0.25) is 5.91 Å². The normalized spacial score (nSPS) is 19.2. The summed E-state index contributed by atoms with van der Waals surface area (Å²) in [5.74, 6) is 0.0808. The van der Waals surface area contributed by atoms with Gasteiger partial charge in [-0.15, -0.1) is 0 Å². The van der Waals surface area contributed by atoms with Gasteiger partial charge in [0.15, 0.2) is 17.2 Å². The monoisotopic (exact) mass is 663 g/mol. The van der Waals surface area contributed by atoms with Crippen molar-refractivity contribution in [2.75, 3.05) is 38.0 Å². The first-order chi connectivity index (χ1) is 21.9. The molecule has 1 aromatic carbocycles. The van der Waals surface area contributed by atoms with Crippen LogP contribution >= 0.6 is 11.6 Å². The molecular formula is C29H27ClF5N9O2. The fraction of sp³-hybridized carbons (Fsp3) is 0.414. The van der Waals surface area contributed by atoms with Gasteiger partial charge in [0.05, 0.1) is 34.1 Å². The lowest BCUT2D eigenvalue weighted by Crippen LogP contribution is -2.74. The number of anilines is 2. The van der Waals surface area contributed by atoms with Gasteiger partial charge in [-0.25, -0.2) is 18.7 Å². The number of carbonyl (C=O) groups is 2. The molecule has 1 atom stereocenters. The maximum Gasteiger partial charge on any atom is 0.435 e. The van der Waals surface area contributed by atoms with E-state index in [-0.39, 0.29) is 45.5 Å². The Morgan fingerprint density at radius 3 is 2.57 bits per heavy atom. The molecule has 3 saturated heterocycles. The summed E-state index contributed by atoms with van der Waals surface area (Å²) in [7, 11) is 0. The molecule has 3 aliphatic heterocycles. The number of amides is 2. The third-order valence-electron chi connectivity index (χ3n) is 8.58. The van der Waals surface area contributed by atoms with Crippen LogP contribution in [0.3, 0.4) is 0 Å². The fourth-order valence-electron chi connectivity index (χ4n) is 6.48. The summed E-state index contributed by atoms with van der Waals surface area (Å²) in [6, 6.07) is 4.63. The lowest BCUT2D eigenvalue weighted by molar-refractivity contribution is -0.156. The molecule has 0 radical (unpaired) electrons. The van der Waals surface area contributed by atoms with Crippen LogP contribution in [0, 0.1) is 5.41 Å². The van der Waals surface area contributed by atoms with Crippen LogP contribution in [-0.4, -0.2) is 91.0 Å². The Morgan fingerprint density at radius 2 is 1.89 bits per heavy atom. The Morgan fingerprint density at radius 1 is 1.13 bits per heavy atom. The quantitative estimate of drug-likeness (QED) is 0.284. The molecule has 0 bridgehead atoms. The standard InChI is InChI=1S/C29H27ClF5N9O2/c30-19-8-16(3-4-17(19)26(45)41-12-28(13-41)14-42(15-28)27(46)20-2-1-5-36-20)39-24-25-38-9-21(44(25)7-6-37-24)18-10-43(11-22(31)32)40-23(18)29(33,34)35/h3-4,6-10,20,22,36H,1-2,5,11-15H2,(H,37,39)/t20-/m0/s1. The van der Waals surface area contributed by atoms with Gasteiger partial charge in [0, 0.05) is 55.9 Å². The van der Waals surface area contributed by atoms with E-state index in [0.717, 1.165) is 25.6 Å². The average molecular weight is 664 g/mol. The largest absolute Gasteiger partial charge is 0.435 e. The first-order valence-corrected chi connectivity index (χ1v) is 14.9. The van der Waals surface area contributed by atoms with E-state index in [2.05, 4.69) is 25.7 Å². The fourth-order valence-corrected chi connectivity index (χ4v) is 6.74. The van der Waals surface area contributed by atoms with E-state index in [1.54, 1.807) is 17.0 Å². The number of aromatic nitrogens is 5. The Labute approximate surface area is 263 Å². The molecule has 3 fully saturated rings. The summed E-state index contributed by atoms with van der Waals surface area (Å²) >= 11 is 6.51. The molecule has 2 N–H and O–H groups in total. The number of likely N-dealkylation sites (tertiary alicyclic amines) is 2. The van der Waals surface area contributed by atoms with E-state index in [1.807, 2.05) is 4.90 Å². The third kappa shape index (κ3) is 5.42. The number of fused-ring (bicyclic) bond motifs is 1. The van der Waals surface area contributed by atoms with Crippen molar-refractivity contribution in [1.29, 1.82) is 0 Å². The van der Waals surface area contributed by atoms with Crippen LogP contribution in [0.4, 0.5) is 33.5 Å². The van der Waals surface area contributed by atoms with Gasteiger partial charge in [-0.2, -0.15) is 18.3 Å². The molecule has 6 heterocycles. The molecule has 46 heavy (non-hydrogen) atoms. The van der Waals surface area contributed by atoms with Crippen molar-refractivity contribution in [3.05, 3.63) is 59.3 Å². The molecule has 1 spiro atoms. The lowest BCUT2D eigenvalue weighted by Gasteiger charge is -2.60. The highest BCUT2D eigenvalue weighted by molar-refractivity contribution is 6.34. The van der Waals surface area contributed by atoms with Gasteiger partial charge in [-0.05, 0) is 37.6 Å². The van der Waals surface area contributed by atoms with Gasteiger partial charge in [-0.1, -0.05) is 11.6 Å². The Bertz CT molecular complexity index is 1820. The number of nitrogens with one attached hydrogen (secondary N) is 2. The summed E-state index contributed by atoms with van der Waals surface area (Å²) in [4.78, 5) is 37.9. The van der Waals surface area contributed by atoms with Crippen molar-refractivity contribution in [3.8, 4) is 11.3 Å². The molecule has 17 heteroatoms. The van der Waals surface area contributed by atoms with Crippen LogP contribution in [0.2, 0.25) is 5.02 Å². The second-order valence-corrected chi connectivity index (χ2v) is 12.3. The number of halogens is 6. The number of nitrogens with zero attached hydrogens (tertiary/aromatic N) is 7. The van der Waals surface area contributed by atoms with Crippen LogP contribution in [-0.2, 0) is 17.5 Å². The summed E-state index contributed by atoms with van der Waals surface area (Å²) in [5, 5.41) is 9.79. The number of hydrogen-bond acceptors (Lipinski definition) is 7. The summed E-state index contributed by atoms with van der Waals surface area (Å²) < 4.78 is 68.9. The van der Waals surface area contributed by atoms with E-state index in [4.69, 9.17) is 11.6 Å². The van der Waals surface area contributed by atoms with Crippen LogP contribution in [0.25, 0.3) is 16.9 Å². The maximum absolute atomic E-state index is 13.7. The van der Waals surface area contributed by atoms with Crippen molar-refractivity contribution in [2.24, 2.45) is 5.41 Å². The molecule has 3 aliphatic rings. The molecule has 0 aliphatic carbocycles. The Kier molecular flexibility index (Phi) is 7.38. The highest BCUT2D eigenvalue weighted by atomic mass is 35.5. The summed E-state index contributed by atoms with van der Waals surface area (Å²) in [5.41, 5.74) is -0.914. The maximum atomic E-state index is 13.7. The number of benzene rings is 1. The Hall–Kier alpha value is -4.31. The molecule has 0 saturated carbocycles. The van der Waals surface area contributed by atoms with Crippen molar-refractivity contribution >= 4 is 40.6 Å². The zero-order valence-corrected chi connectivity index (χ0v) is 24.8. The molecule has 0 unspecified atom stereocenters. The summed E-state index contributed by atoms with van der Waals surface area (Å²) in [6.07, 6.45) is -1.11. The molecule has 11 nitrogen and oxygen atoms in total. The molecule has 7 rings (SSSR count). The first kappa shape index (κ1) is 30.3. The average Bonchev–Trinajstić information content (AvgIpc) is 3.71. The molecule has 242 valence electrons. The van der Waals surface area contributed by atoms with Gasteiger partial charge >= 0.3 is 6.18 Å². The lowest BCUT2D eigenvalue weighted by atomic mass is 9.72. The number of imidazole rings is 1. The predicted octanol–water partition coefficient (Wildman–Crippen LogP) is 4.31. The second kappa shape index (κ2) is 11.2. The summed E-state index contributed by atoms with van der Waals surface area (Å²) in [6.45, 7) is 2.20. The van der Waals surface area contributed by atoms with Crippen molar-refractivity contribution in [2.45, 2.75) is 38.0 Å². The van der Waals surface area contributed by atoms with Crippen LogP contribution in [0.1, 0.15) is 28.9 Å². The van der Waals surface area contributed by atoms with Crippen molar-refractivity contribution < 1.29 is 31.5 Å². The van der Waals surface area contributed by atoms with Gasteiger partial charge in [0.1, 0.15) is 6.54 Å². The van der Waals surface area contributed by atoms with Gasteiger partial charge in [-0.3, -0.25) is 18.7 Å². The van der Waals surface area contributed by atoms with E-state index >= 15 is 0 Å². The van der Waals surface area contributed by atoms with Crippen LogP contribution in [0.15, 0.2) is 43.0 Å². The minimum atomic E-state index is -4.89. The Balaban J connectivity index is 1.04.